The van der Waals surface area contributed by atoms with Crippen molar-refractivity contribution in [1.82, 2.24) is 0 Å². The van der Waals surface area contributed by atoms with Crippen molar-refractivity contribution in [2.45, 2.75) is 6.42 Å². The molecule has 22 heavy (non-hydrogen) atoms. The molecule has 1 N–H and O–H groups in total. The maximum atomic E-state index is 12.6. The van der Waals surface area contributed by atoms with Crippen molar-refractivity contribution >= 4 is 11.6 Å². The van der Waals surface area contributed by atoms with Crippen LogP contribution in [0.5, 0.6) is 17.2 Å². The van der Waals surface area contributed by atoms with Crippen LogP contribution in [0.25, 0.3) is 0 Å². The first-order valence-corrected chi connectivity index (χ1v) is 7.01. The molecule has 0 saturated heterocycles. The van der Waals surface area contributed by atoms with Crippen LogP contribution >= 0.6 is 0 Å². The first-order valence-electron chi connectivity index (χ1n) is 7.01. The van der Waals surface area contributed by atoms with E-state index in [9.17, 15) is 4.79 Å². The van der Waals surface area contributed by atoms with Gasteiger partial charge in [0.15, 0.2) is 0 Å². The molecule has 0 unspecified atom stereocenters. The molecular weight excluding hydrogens is 282 g/mol. The largest absolute Gasteiger partial charge is 0.496 e. The summed E-state index contributed by atoms with van der Waals surface area (Å²) in [7, 11) is 3.05. The first kappa shape index (κ1) is 14.3. The van der Waals surface area contributed by atoms with Crippen molar-refractivity contribution < 1.29 is 19.0 Å². The van der Waals surface area contributed by atoms with Crippen molar-refractivity contribution in [3.05, 3.63) is 47.5 Å². The third-order valence-electron chi connectivity index (χ3n) is 3.60. The van der Waals surface area contributed by atoms with Gasteiger partial charge in [0.25, 0.3) is 5.91 Å². The smallest absolute Gasteiger partial charge is 0.263 e. The van der Waals surface area contributed by atoms with E-state index in [2.05, 4.69) is 5.32 Å². The van der Waals surface area contributed by atoms with Gasteiger partial charge in [-0.3, -0.25) is 4.79 Å². The average Bonchev–Trinajstić information content (AvgIpc) is 3.01. The van der Waals surface area contributed by atoms with E-state index in [0.717, 1.165) is 23.4 Å². The van der Waals surface area contributed by atoms with Crippen LogP contribution in [0.4, 0.5) is 5.69 Å². The topological polar surface area (TPSA) is 56.8 Å². The van der Waals surface area contributed by atoms with Crippen molar-refractivity contribution in [3.63, 3.8) is 0 Å². The molecule has 0 spiro atoms. The van der Waals surface area contributed by atoms with E-state index in [1.165, 1.54) is 14.2 Å². The highest BCUT2D eigenvalue weighted by Gasteiger charge is 2.19. The van der Waals surface area contributed by atoms with Gasteiger partial charge in [0.05, 0.1) is 20.8 Å². The average molecular weight is 299 g/mol. The molecule has 5 nitrogen and oxygen atoms in total. The van der Waals surface area contributed by atoms with Crippen LogP contribution < -0.4 is 19.5 Å². The quantitative estimate of drug-likeness (QED) is 0.943. The number of fused-ring (bicyclic) bond motifs is 1. The molecule has 1 aliphatic rings. The highest BCUT2D eigenvalue weighted by molar-refractivity contribution is 6.08. The van der Waals surface area contributed by atoms with Gasteiger partial charge in [-0.1, -0.05) is 6.07 Å². The fourth-order valence-corrected chi connectivity index (χ4v) is 2.53. The predicted molar refractivity (Wildman–Crippen MR) is 83.1 cm³/mol. The van der Waals surface area contributed by atoms with Gasteiger partial charge in [0.2, 0.25) is 0 Å². The monoisotopic (exact) mass is 299 g/mol. The fourth-order valence-electron chi connectivity index (χ4n) is 2.53. The van der Waals surface area contributed by atoms with E-state index in [0.29, 0.717) is 23.7 Å². The molecule has 1 heterocycles. The lowest BCUT2D eigenvalue weighted by Gasteiger charge is -2.13. The van der Waals surface area contributed by atoms with Gasteiger partial charge in [0, 0.05) is 12.1 Å². The predicted octanol–water partition coefficient (Wildman–Crippen LogP) is 2.89. The van der Waals surface area contributed by atoms with E-state index >= 15 is 0 Å². The lowest BCUT2D eigenvalue weighted by molar-refractivity contribution is 0.102. The number of methoxy groups -OCH3 is 2. The normalized spacial score (nSPS) is 12.3. The van der Waals surface area contributed by atoms with Crippen LogP contribution in [0, 0.1) is 0 Å². The number of rotatable bonds is 4. The first-order chi connectivity index (χ1) is 10.7. The molecule has 114 valence electrons. The number of hydrogen-bond acceptors (Lipinski definition) is 4. The summed E-state index contributed by atoms with van der Waals surface area (Å²) >= 11 is 0. The molecule has 0 saturated carbocycles. The second kappa shape index (κ2) is 5.97. The summed E-state index contributed by atoms with van der Waals surface area (Å²) < 4.78 is 16.0. The summed E-state index contributed by atoms with van der Waals surface area (Å²) in [5, 5.41) is 2.88. The Labute approximate surface area is 128 Å². The Morgan fingerprint density at radius 2 is 1.86 bits per heavy atom. The van der Waals surface area contributed by atoms with E-state index < -0.39 is 0 Å². The van der Waals surface area contributed by atoms with Crippen LogP contribution in [-0.4, -0.2) is 26.7 Å². The van der Waals surface area contributed by atoms with Crippen LogP contribution in [0.15, 0.2) is 36.4 Å². The molecule has 2 aromatic rings. The summed E-state index contributed by atoms with van der Waals surface area (Å²) in [5.74, 6) is 1.56. The molecule has 0 aliphatic carbocycles. The van der Waals surface area contributed by atoms with Crippen molar-refractivity contribution in [2.75, 3.05) is 26.1 Å². The zero-order valence-electron chi connectivity index (χ0n) is 12.5. The van der Waals surface area contributed by atoms with E-state index in [1.807, 2.05) is 18.2 Å². The molecule has 1 amide bonds. The SMILES string of the molecule is COc1cccc(OC)c1C(=O)Nc1ccc2c(c1)CCO2. The molecule has 0 bridgehead atoms. The molecular formula is C17H17NO4. The Morgan fingerprint density at radius 3 is 2.55 bits per heavy atom. The zero-order valence-corrected chi connectivity index (χ0v) is 12.5. The Balaban J connectivity index is 1.89. The summed E-state index contributed by atoms with van der Waals surface area (Å²) in [6.45, 7) is 0.688. The van der Waals surface area contributed by atoms with Crippen molar-refractivity contribution in [1.29, 1.82) is 0 Å². The van der Waals surface area contributed by atoms with Crippen molar-refractivity contribution in [2.24, 2.45) is 0 Å². The lowest BCUT2D eigenvalue weighted by Crippen LogP contribution is -2.14. The van der Waals surface area contributed by atoms with Gasteiger partial charge < -0.3 is 19.5 Å². The van der Waals surface area contributed by atoms with Gasteiger partial charge in [-0.25, -0.2) is 0 Å². The van der Waals surface area contributed by atoms with Crippen LogP contribution in [0.2, 0.25) is 0 Å². The number of hydrogen-bond donors (Lipinski definition) is 1. The summed E-state index contributed by atoms with van der Waals surface area (Å²) in [5.41, 5.74) is 2.20. The molecule has 0 aromatic heterocycles. The van der Waals surface area contributed by atoms with Gasteiger partial charge >= 0.3 is 0 Å². The number of carbonyl (C=O) groups is 1. The van der Waals surface area contributed by atoms with Crippen LogP contribution in [0.3, 0.4) is 0 Å². The van der Waals surface area contributed by atoms with E-state index in [4.69, 9.17) is 14.2 Å². The maximum absolute atomic E-state index is 12.6. The van der Waals surface area contributed by atoms with Crippen molar-refractivity contribution in [3.8, 4) is 17.2 Å². The molecule has 2 aromatic carbocycles. The van der Waals surface area contributed by atoms with Gasteiger partial charge in [-0.15, -0.1) is 0 Å². The van der Waals surface area contributed by atoms with Crippen LogP contribution in [0.1, 0.15) is 15.9 Å². The van der Waals surface area contributed by atoms with Gasteiger partial charge in [-0.05, 0) is 35.9 Å². The molecule has 0 atom stereocenters. The minimum Gasteiger partial charge on any atom is -0.496 e. The van der Waals surface area contributed by atoms with Gasteiger partial charge in [0.1, 0.15) is 22.8 Å². The van der Waals surface area contributed by atoms with E-state index in [1.54, 1.807) is 18.2 Å². The molecule has 5 heteroatoms. The molecule has 0 fully saturated rings. The summed E-state index contributed by atoms with van der Waals surface area (Å²) in [4.78, 5) is 12.6. The number of benzene rings is 2. The molecule has 1 aliphatic heterocycles. The minimum absolute atomic E-state index is 0.270. The number of carbonyl (C=O) groups excluding carboxylic acids is 1. The minimum atomic E-state index is -0.270. The van der Waals surface area contributed by atoms with Crippen LogP contribution in [-0.2, 0) is 6.42 Å². The second-order valence-electron chi connectivity index (χ2n) is 4.91. The fraction of sp³-hybridized carbons (Fsp3) is 0.235. The molecule has 3 rings (SSSR count). The third kappa shape index (κ3) is 2.57. The maximum Gasteiger partial charge on any atom is 0.263 e. The Kier molecular flexibility index (Phi) is 3.87. The standard InChI is InChI=1S/C17H17NO4/c1-20-14-4-3-5-15(21-2)16(14)17(19)18-12-6-7-13-11(10-12)8-9-22-13/h3-7,10H,8-9H2,1-2H3,(H,18,19). The Morgan fingerprint density at radius 1 is 1.14 bits per heavy atom. The number of anilines is 1. The Bertz CT molecular complexity index is 690. The van der Waals surface area contributed by atoms with Gasteiger partial charge in [-0.2, -0.15) is 0 Å². The number of nitrogens with one attached hydrogen (secondary N) is 1. The number of amides is 1. The van der Waals surface area contributed by atoms with E-state index in [-0.39, 0.29) is 5.91 Å². The highest BCUT2D eigenvalue weighted by Crippen LogP contribution is 2.31. The lowest BCUT2D eigenvalue weighted by atomic mass is 10.1. The summed E-state index contributed by atoms with van der Waals surface area (Å²) in [6, 6.07) is 10.9. The number of ether oxygens (including phenoxy) is 3. The molecule has 0 radical (unpaired) electrons. The zero-order chi connectivity index (χ0) is 15.5. The third-order valence-corrected chi connectivity index (χ3v) is 3.60. The Hall–Kier alpha value is -2.69. The summed E-state index contributed by atoms with van der Waals surface area (Å²) in [6.07, 6.45) is 0.858. The highest BCUT2D eigenvalue weighted by atomic mass is 16.5. The second-order valence-corrected chi connectivity index (χ2v) is 4.91.